The van der Waals surface area contributed by atoms with Gasteiger partial charge >= 0.3 is 5.97 Å². The zero-order chi connectivity index (χ0) is 17.5. The van der Waals surface area contributed by atoms with E-state index in [4.69, 9.17) is 13.9 Å². The maximum Gasteiger partial charge on any atom is 0.348 e. The molecule has 2 heterocycles. The molecule has 126 valence electrons. The molecule has 0 radical (unpaired) electrons. The molecule has 0 saturated heterocycles. The first-order valence-corrected chi connectivity index (χ1v) is 7.53. The molecule has 2 rings (SSSR count). The Bertz CT molecular complexity index is 764. The fourth-order valence-corrected chi connectivity index (χ4v) is 2.36. The van der Waals surface area contributed by atoms with E-state index in [1.54, 1.807) is 12.3 Å². The van der Waals surface area contributed by atoms with Gasteiger partial charge in [-0.05, 0) is 43.7 Å². The minimum Gasteiger partial charge on any atom is -0.467 e. The van der Waals surface area contributed by atoms with E-state index < -0.39 is 5.97 Å². The lowest BCUT2D eigenvalue weighted by Gasteiger charge is -2.07. The Morgan fingerprint density at radius 3 is 2.83 bits per heavy atom. The van der Waals surface area contributed by atoms with Crippen LogP contribution in [0.2, 0.25) is 0 Å². The van der Waals surface area contributed by atoms with Gasteiger partial charge in [-0.25, -0.2) is 4.79 Å². The first kappa shape index (κ1) is 17.6. The maximum atomic E-state index is 11.9. The number of furan rings is 1. The van der Waals surface area contributed by atoms with E-state index in [9.17, 15) is 10.1 Å². The van der Waals surface area contributed by atoms with Crippen LogP contribution >= 0.6 is 0 Å². The number of esters is 1. The van der Waals surface area contributed by atoms with Gasteiger partial charge in [0.05, 0.1) is 19.4 Å². The number of hydrogen-bond acceptors (Lipinski definition) is 5. The summed E-state index contributed by atoms with van der Waals surface area (Å²) < 4.78 is 17.3. The topological polar surface area (TPSA) is 77.4 Å². The highest BCUT2D eigenvalue weighted by Gasteiger charge is 2.14. The van der Waals surface area contributed by atoms with Crippen molar-refractivity contribution in [2.45, 2.75) is 20.4 Å². The molecule has 2 aromatic heterocycles. The molecule has 0 aromatic carbocycles. The summed E-state index contributed by atoms with van der Waals surface area (Å²) in [4.78, 5) is 11.9. The van der Waals surface area contributed by atoms with Gasteiger partial charge in [0, 0.05) is 18.5 Å². The van der Waals surface area contributed by atoms with Gasteiger partial charge in [0.2, 0.25) is 0 Å². The third-order valence-corrected chi connectivity index (χ3v) is 3.67. The van der Waals surface area contributed by atoms with Crippen LogP contribution in [0.4, 0.5) is 0 Å². The number of ether oxygens (including phenoxy) is 2. The second kappa shape index (κ2) is 8.18. The highest BCUT2D eigenvalue weighted by atomic mass is 16.6. The Balaban J connectivity index is 2.21. The van der Waals surface area contributed by atoms with Crippen LogP contribution in [0, 0.1) is 25.2 Å². The Morgan fingerprint density at radius 2 is 2.21 bits per heavy atom. The molecular weight excluding hydrogens is 308 g/mol. The Morgan fingerprint density at radius 1 is 1.42 bits per heavy atom. The van der Waals surface area contributed by atoms with Gasteiger partial charge in [0.25, 0.3) is 0 Å². The standard InChI is InChI=1S/C18H20N2O4/c1-13-9-15(10-16(11-19)18(21)24-8-7-22-3)14(2)20(13)12-17-5-4-6-23-17/h4-6,9-10H,7-8,12H2,1-3H3/b16-10+. The van der Waals surface area contributed by atoms with Crippen LogP contribution in [0.25, 0.3) is 6.08 Å². The lowest BCUT2D eigenvalue weighted by molar-refractivity contribution is -0.139. The molecule has 6 heteroatoms. The van der Waals surface area contributed by atoms with E-state index in [0.717, 1.165) is 22.7 Å². The summed E-state index contributed by atoms with van der Waals surface area (Å²) in [7, 11) is 1.52. The van der Waals surface area contributed by atoms with Crippen molar-refractivity contribution in [3.8, 4) is 6.07 Å². The van der Waals surface area contributed by atoms with E-state index in [2.05, 4.69) is 4.57 Å². The molecule has 0 aliphatic heterocycles. The van der Waals surface area contributed by atoms with Gasteiger partial charge in [0.15, 0.2) is 0 Å². The Kier molecular flexibility index (Phi) is 5.99. The minimum atomic E-state index is -0.648. The van der Waals surface area contributed by atoms with E-state index >= 15 is 0 Å². The molecule has 0 aliphatic rings. The number of carbonyl (C=O) groups excluding carboxylic acids is 1. The normalized spacial score (nSPS) is 11.3. The fraction of sp³-hybridized carbons (Fsp3) is 0.333. The van der Waals surface area contributed by atoms with E-state index in [0.29, 0.717) is 13.2 Å². The molecule has 0 aliphatic carbocycles. The third kappa shape index (κ3) is 4.15. The predicted octanol–water partition coefficient (Wildman–Crippen LogP) is 2.84. The Hall–Kier alpha value is -2.78. The highest BCUT2D eigenvalue weighted by molar-refractivity contribution is 5.98. The summed E-state index contributed by atoms with van der Waals surface area (Å²) in [6, 6.07) is 7.57. The van der Waals surface area contributed by atoms with Crippen LogP contribution in [0.1, 0.15) is 22.7 Å². The molecule has 0 fully saturated rings. The quantitative estimate of drug-likeness (QED) is 0.338. The molecule has 6 nitrogen and oxygen atoms in total. The SMILES string of the molecule is COCCOC(=O)/C(C#N)=C/c1cc(C)n(Cc2ccco2)c1C. The smallest absolute Gasteiger partial charge is 0.348 e. The van der Waals surface area contributed by atoms with Crippen LogP contribution in [-0.4, -0.2) is 30.9 Å². The molecule has 0 atom stereocenters. The van der Waals surface area contributed by atoms with Gasteiger partial charge < -0.3 is 18.5 Å². The van der Waals surface area contributed by atoms with Crippen molar-refractivity contribution >= 4 is 12.0 Å². The zero-order valence-corrected chi connectivity index (χ0v) is 14.0. The monoisotopic (exact) mass is 328 g/mol. The number of nitriles is 1. The lowest BCUT2D eigenvalue weighted by atomic mass is 10.1. The van der Waals surface area contributed by atoms with Gasteiger partial charge in [-0.1, -0.05) is 0 Å². The van der Waals surface area contributed by atoms with Gasteiger partial charge in [-0.3, -0.25) is 0 Å². The van der Waals surface area contributed by atoms with Crippen molar-refractivity contribution in [2.75, 3.05) is 20.3 Å². The van der Waals surface area contributed by atoms with Gasteiger partial charge in [-0.2, -0.15) is 5.26 Å². The number of methoxy groups -OCH3 is 1. The second-order valence-electron chi connectivity index (χ2n) is 5.29. The van der Waals surface area contributed by atoms with E-state index in [-0.39, 0.29) is 12.2 Å². The average molecular weight is 328 g/mol. The summed E-state index contributed by atoms with van der Waals surface area (Å²) in [5.41, 5.74) is 2.73. The van der Waals surface area contributed by atoms with Gasteiger partial charge in [0.1, 0.15) is 24.0 Å². The van der Waals surface area contributed by atoms with Crippen molar-refractivity contribution in [1.82, 2.24) is 4.57 Å². The van der Waals surface area contributed by atoms with E-state index in [1.165, 1.54) is 7.11 Å². The second-order valence-corrected chi connectivity index (χ2v) is 5.29. The molecule has 0 amide bonds. The minimum absolute atomic E-state index is 0.0376. The highest BCUT2D eigenvalue weighted by Crippen LogP contribution is 2.20. The van der Waals surface area contributed by atoms with Crippen molar-refractivity contribution in [2.24, 2.45) is 0 Å². The number of hydrogen-bond donors (Lipinski definition) is 0. The molecule has 0 N–H and O–H groups in total. The van der Waals surface area contributed by atoms with Crippen molar-refractivity contribution in [3.63, 3.8) is 0 Å². The molecule has 2 aromatic rings. The largest absolute Gasteiger partial charge is 0.467 e. The molecule has 0 saturated carbocycles. The Labute approximate surface area is 140 Å². The number of rotatable bonds is 7. The summed E-state index contributed by atoms with van der Waals surface area (Å²) >= 11 is 0. The van der Waals surface area contributed by atoms with Crippen LogP contribution in [0.3, 0.4) is 0 Å². The average Bonchev–Trinajstić information content (AvgIpc) is 3.16. The molecule has 0 spiro atoms. The molecular formula is C18H20N2O4. The first-order valence-electron chi connectivity index (χ1n) is 7.53. The number of aryl methyl sites for hydroxylation is 1. The molecule has 0 bridgehead atoms. The first-order chi connectivity index (χ1) is 11.6. The molecule has 0 unspecified atom stereocenters. The van der Waals surface area contributed by atoms with Crippen LogP contribution in [0.5, 0.6) is 0 Å². The van der Waals surface area contributed by atoms with Crippen LogP contribution in [0.15, 0.2) is 34.5 Å². The summed E-state index contributed by atoms with van der Waals surface area (Å²) in [5, 5.41) is 9.22. The zero-order valence-electron chi connectivity index (χ0n) is 14.0. The summed E-state index contributed by atoms with van der Waals surface area (Å²) in [5.74, 6) is 0.192. The van der Waals surface area contributed by atoms with E-state index in [1.807, 2.05) is 38.1 Å². The summed E-state index contributed by atoms with van der Waals surface area (Å²) in [6.45, 7) is 4.91. The third-order valence-electron chi connectivity index (χ3n) is 3.67. The lowest BCUT2D eigenvalue weighted by Crippen LogP contribution is -2.11. The van der Waals surface area contributed by atoms with Crippen molar-refractivity contribution in [3.05, 3.63) is 52.7 Å². The predicted molar refractivity (Wildman–Crippen MR) is 88.1 cm³/mol. The van der Waals surface area contributed by atoms with Crippen molar-refractivity contribution in [1.29, 1.82) is 5.26 Å². The van der Waals surface area contributed by atoms with Crippen molar-refractivity contribution < 1.29 is 18.7 Å². The fourth-order valence-electron chi connectivity index (χ4n) is 2.36. The maximum absolute atomic E-state index is 11.9. The van der Waals surface area contributed by atoms with Crippen LogP contribution in [-0.2, 0) is 20.8 Å². The van der Waals surface area contributed by atoms with Crippen LogP contribution < -0.4 is 0 Å². The summed E-state index contributed by atoms with van der Waals surface area (Å²) in [6.07, 6.45) is 3.18. The molecule has 24 heavy (non-hydrogen) atoms. The number of aromatic nitrogens is 1. The number of carbonyl (C=O) groups is 1. The van der Waals surface area contributed by atoms with Gasteiger partial charge in [-0.15, -0.1) is 0 Å². The number of nitrogens with zero attached hydrogens (tertiary/aromatic N) is 2.